The van der Waals surface area contributed by atoms with Crippen LogP contribution in [0.25, 0.3) is 11.1 Å². The predicted molar refractivity (Wildman–Crippen MR) is 71.4 cm³/mol. The van der Waals surface area contributed by atoms with Crippen LogP contribution < -0.4 is 0 Å². The first-order valence-electron chi connectivity index (χ1n) is 5.86. The largest absolute Gasteiger partial charge is 0.298 e. The van der Waals surface area contributed by atoms with Gasteiger partial charge in [-0.1, -0.05) is 12.1 Å². The van der Waals surface area contributed by atoms with Crippen molar-refractivity contribution in [1.82, 2.24) is 0 Å². The molecule has 0 bridgehead atoms. The standard InChI is InChI=1S/C16H15FO/c1-10-6-12(3)14(7-11(10)2)15-8-13(9-18)4-5-16(15)17/h4-9H,1-3H3. The molecule has 1 nitrogen and oxygen atoms in total. The van der Waals surface area contributed by atoms with E-state index in [9.17, 15) is 9.18 Å². The van der Waals surface area contributed by atoms with Crippen LogP contribution in [-0.2, 0) is 0 Å². The molecule has 92 valence electrons. The SMILES string of the molecule is Cc1cc(C)c(-c2cc(C=O)ccc2F)cc1C. The summed E-state index contributed by atoms with van der Waals surface area (Å²) < 4.78 is 13.9. The Hall–Kier alpha value is -1.96. The predicted octanol–water partition coefficient (Wildman–Crippen LogP) is 4.23. The van der Waals surface area contributed by atoms with Gasteiger partial charge in [0.05, 0.1) is 0 Å². The summed E-state index contributed by atoms with van der Waals surface area (Å²) >= 11 is 0. The molecule has 0 aromatic heterocycles. The van der Waals surface area contributed by atoms with Gasteiger partial charge in [0.2, 0.25) is 0 Å². The number of aldehydes is 1. The van der Waals surface area contributed by atoms with Crippen LogP contribution >= 0.6 is 0 Å². The van der Waals surface area contributed by atoms with Gasteiger partial charge < -0.3 is 0 Å². The van der Waals surface area contributed by atoms with E-state index in [1.165, 1.54) is 17.7 Å². The van der Waals surface area contributed by atoms with Crippen molar-refractivity contribution in [2.45, 2.75) is 20.8 Å². The molecule has 0 unspecified atom stereocenters. The second-order valence-corrected chi connectivity index (χ2v) is 4.61. The smallest absolute Gasteiger partial charge is 0.150 e. The van der Waals surface area contributed by atoms with E-state index in [0.717, 1.165) is 23.0 Å². The van der Waals surface area contributed by atoms with Gasteiger partial charge in [-0.15, -0.1) is 0 Å². The normalized spacial score (nSPS) is 10.4. The Labute approximate surface area is 106 Å². The third-order valence-electron chi connectivity index (χ3n) is 3.26. The van der Waals surface area contributed by atoms with Gasteiger partial charge in [0, 0.05) is 11.1 Å². The molecule has 0 amide bonds. The molecule has 2 heteroatoms. The number of halogens is 1. The maximum Gasteiger partial charge on any atom is 0.150 e. The molecule has 0 spiro atoms. The highest BCUT2D eigenvalue weighted by atomic mass is 19.1. The van der Waals surface area contributed by atoms with Crippen molar-refractivity contribution in [3.8, 4) is 11.1 Å². The summed E-state index contributed by atoms with van der Waals surface area (Å²) in [5, 5.41) is 0. The van der Waals surface area contributed by atoms with Crippen LogP contribution in [0.5, 0.6) is 0 Å². The van der Waals surface area contributed by atoms with E-state index in [0.29, 0.717) is 11.1 Å². The van der Waals surface area contributed by atoms with E-state index < -0.39 is 0 Å². The molecule has 0 fully saturated rings. The number of aryl methyl sites for hydroxylation is 3. The summed E-state index contributed by atoms with van der Waals surface area (Å²) in [5.74, 6) is -0.299. The molecule has 0 atom stereocenters. The molecule has 2 rings (SSSR count). The molecule has 0 aliphatic carbocycles. The summed E-state index contributed by atoms with van der Waals surface area (Å²) in [6.07, 6.45) is 0.735. The Morgan fingerprint density at radius 1 is 0.889 bits per heavy atom. The summed E-state index contributed by atoms with van der Waals surface area (Å²) in [6.45, 7) is 5.98. The zero-order chi connectivity index (χ0) is 13.3. The van der Waals surface area contributed by atoms with Crippen molar-refractivity contribution >= 4 is 6.29 Å². The minimum Gasteiger partial charge on any atom is -0.298 e. The molecule has 2 aromatic rings. The van der Waals surface area contributed by atoms with Crippen LogP contribution in [0.1, 0.15) is 27.0 Å². The highest BCUT2D eigenvalue weighted by Crippen LogP contribution is 2.29. The van der Waals surface area contributed by atoms with Gasteiger partial charge in [-0.2, -0.15) is 0 Å². The topological polar surface area (TPSA) is 17.1 Å². The summed E-state index contributed by atoms with van der Waals surface area (Å²) in [4.78, 5) is 10.8. The fourth-order valence-electron chi connectivity index (χ4n) is 2.07. The summed E-state index contributed by atoms with van der Waals surface area (Å²) in [7, 11) is 0. The van der Waals surface area contributed by atoms with E-state index in [1.54, 1.807) is 6.07 Å². The Morgan fingerprint density at radius 3 is 2.22 bits per heavy atom. The van der Waals surface area contributed by atoms with Crippen molar-refractivity contribution in [2.24, 2.45) is 0 Å². The van der Waals surface area contributed by atoms with Crippen LogP contribution in [0, 0.1) is 26.6 Å². The van der Waals surface area contributed by atoms with E-state index in [1.807, 2.05) is 32.9 Å². The number of hydrogen-bond donors (Lipinski definition) is 0. The van der Waals surface area contributed by atoms with Crippen LogP contribution in [-0.4, -0.2) is 6.29 Å². The number of carbonyl (C=O) groups excluding carboxylic acids is 1. The van der Waals surface area contributed by atoms with Crippen molar-refractivity contribution in [3.63, 3.8) is 0 Å². The Bertz CT molecular complexity index is 615. The van der Waals surface area contributed by atoms with E-state index in [4.69, 9.17) is 0 Å². The van der Waals surface area contributed by atoms with Gasteiger partial charge in [-0.3, -0.25) is 4.79 Å². The number of rotatable bonds is 2. The van der Waals surface area contributed by atoms with Crippen LogP contribution in [0.2, 0.25) is 0 Å². The lowest BCUT2D eigenvalue weighted by Crippen LogP contribution is -1.93. The van der Waals surface area contributed by atoms with Gasteiger partial charge in [0.25, 0.3) is 0 Å². The first kappa shape index (κ1) is 12.5. The van der Waals surface area contributed by atoms with Crippen LogP contribution in [0.15, 0.2) is 30.3 Å². The van der Waals surface area contributed by atoms with Gasteiger partial charge in [-0.25, -0.2) is 4.39 Å². The molecule has 0 saturated heterocycles. The molecule has 0 aliphatic heterocycles. The van der Waals surface area contributed by atoms with Crippen LogP contribution in [0.3, 0.4) is 0 Å². The lowest BCUT2D eigenvalue weighted by molar-refractivity contribution is 0.112. The lowest BCUT2D eigenvalue weighted by atomic mass is 9.94. The summed E-state index contributed by atoms with van der Waals surface area (Å²) in [5.41, 5.74) is 5.14. The minimum absolute atomic E-state index is 0.299. The average molecular weight is 242 g/mol. The zero-order valence-electron chi connectivity index (χ0n) is 10.8. The molecule has 0 saturated carbocycles. The van der Waals surface area contributed by atoms with E-state index in [-0.39, 0.29) is 5.82 Å². The first-order chi connectivity index (χ1) is 8.52. The maximum absolute atomic E-state index is 13.9. The van der Waals surface area contributed by atoms with E-state index >= 15 is 0 Å². The van der Waals surface area contributed by atoms with Crippen molar-refractivity contribution < 1.29 is 9.18 Å². The second kappa shape index (κ2) is 4.73. The third-order valence-corrected chi connectivity index (χ3v) is 3.26. The molecule has 2 aromatic carbocycles. The average Bonchev–Trinajstić information content (AvgIpc) is 2.35. The second-order valence-electron chi connectivity index (χ2n) is 4.61. The highest BCUT2D eigenvalue weighted by Gasteiger charge is 2.10. The molecule has 0 radical (unpaired) electrons. The quantitative estimate of drug-likeness (QED) is 0.720. The number of hydrogen-bond acceptors (Lipinski definition) is 1. The Kier molecular flexibility index (Phi) is 3.28. The lowest BCUT2D eigenvalue weighted by Gasteiger charge is -2.11. The third kappa shape index (κ3) is 2.19. The molecule has 0 heterocycles. The van der Waals surface area contributed by atoms with Gasteiger partial charge in [0.15, 0.2) is 0 Å². The zero-order valence-corrected chi connectivity index (χ0v) is 10.8. The Balaban J connectivity index is 2.68. The maximum atomic E-state index is 13.9. The van der Waals surface area contributed by atoms with Gasteiger partial charge in [-0.05, 0) is 61.2 Å². The van der Waals surface area contributed by atoms with Gasteiger partial charge >= 0.3 is 0 Å². The highest BCUT2D eigenvalue weighted by molar-refractivity contribution is 5.80. The fraction of sp³-hybridized carbons (Fsp3) is 0.188. The van der Waals surface area contributed by atoms with Crippen LogP contribution in [0.4, 0.5) is 4.39 Å². The molecular formula is C16H15FO. The fourth-order valence-corrected chi connectivity index (χ4v) is 2.07. The Morgan fingerprint density at radius 2 is 1.56 bits per heavy atom. The van der Waals surface area contributed by atoms with Crippen molar-refractivity contribution in [3.05, 3.63) is 58.4 Å². The first-order valence-corrected chi connectivity index (χ1v) is 5.86. The van der Waals surface area contributed by atoms with Crippen molar-refractivity contribution in [1.29, 1.82) is 0 Å². The molecule has 18 heavy (non-hydrogen) atoms. The molecular weight excluding hydrogens is 227 g/mol. The molecule has 0 aliphatic rings. The minimum atomic E-state index is -0.299. The molecule has 0 N–H and O–H groups in total. The van der Waals surface area contributed by atoms with Gasteiger partial charge in [0.1, 0.15) is 12.1 Å². The number of benzene rings is 2. The van der Waals surface area contributed by atoms with Crippen molar-refractivity contribution in [2.75, 3.05) is 0 Å². The summed E-state index contributed by atoms with van der Waals surface area (Å²) in [6, 6.07) is 8.44. The van der Waals surface area contributed by atoms with E-state index in [2.05, 4.69) is 0 Å². The number of carbonyl (C=O) groups is 1. The monoisotopic (exact) mass is 242 g/mol.